The molecule has 2 rings (SSSR count). The van der Waals surface area contributed by atoms with E-state index >= 15 is 0 Å². The molecule has 5 nitrogen and oxygen atoms in total. The molecule has 0 aliphatic carbocycles. The van der Waals surface area contributed by atoms with Crippen molar-refractivity contribution in [3.05, 3.63) is 35.9 Å². The van der Waals surface area contributed by atoms with E-state index in [4.69, 9.17) is 14.2 Å². The maximum absolute atomic E-state index is 12.1. The highest BCUT2D eigenvalue weighted by Crippen LogP contribution is 2.25. The third-order valence-corrected chi connectivity index (χ3v) is 3.48. The lowest BCUT2D eigenvalue weighted by atomic mass is 10.0. The number of benzene rings is 1. The summed E-state index contributed by atoms with van der Waals surface area (Å²) < 4.78 is 16.9. The van der Waals surface area contributed by atoms with Gasteiger partial charge < -0.3 is 19.5 Å². The number of carbonyl (C=O) groups is 1. The molecule has 0 radical (unpaired) electrons. The van der Waals surface area contributed by atoms with E-state index in [0.717, 1.165) is 5.56 Å². The lowest BCUT2D eigenvalue weighted by Gasteiger charge is -2.27. The summed E-state index contributed by atoms with van der Waals surface area (Å²) >= 11 is 0. The largest absolute Gasteiger partial charge is 0.444 e. The van der Waals surface area contributed by atoms with Crippen molar-refractivity contribution >= 4 is 6.09 Å². The Morgan fingerprint density at radius 2 is 2.00 bits per heavy atom. The number of rotatable bonds is 4. The summed E-state index contributed by atoms with van der Waals surface area (Å²) in [6, 6.07) is 9.79. The minimum Gasteiger partial charge on any atom is -0.444 e. The van der Waals surface area contributed by atoms with Gasteiger partial charge in [0.25, 0.3) is 0 Å². The molecular formula is C18H27NO4. The second-order valence-electron chi connectivity index (χ2n) is 7.31. The molecule has 1 N–H and O–H groups in total. The van der Waals surface area contributed by atoms with Gasteiger partial charge in [0.05, 0.1) is 12.6 Å². The third-order valence-electron chi connectivity index (χ3n) is 3.48. The third kappa shape index (κ3) is 5.84. The first-order chi connectivity index (χ1) is 10.6. The van der Waals surface area contributed by atoms with Crippen LogP contribution in [0.4, 0.5) is 4.79 Å². The first kappa shape index (κ1) is 17.8. The monoisotopic (exact) mass is 321 g/mol. The maximum atomic E-state index is 12.1. The zero-order valence-corrected chi connectivity index (χ0v) is 14.6. The molecule has 0 aromatic heterocycles. The highest BCUT2D eigenvalue weighted by atomic mass is 16.7. The first-order valence-electron chi connectivity index (χ1n) is 8.00. The van der Waals surface area contributed by atoms with Crippen LogP contribution in [0.3, 0.4) is 0 Å². The summed E-state index contributed by atoms with van der Waals surface area (Å²) in [5, 5.41) is 2.94. The van der Waals surface area contributed by atoms with Gasteiger partial charge in [-0.2, -0.15) is 0 Å². The summed E-state index contributed by atoms with van der Waals surface area (Å²) in [6.07, 6.45) is 0.00829. The standard InChI is InChI=1S/C18H27NO4/c1-17(2,3)23-16(20)19-14(11-13-9-7-6-8-10-13)15-12-21-18(4,5)22-15/h6-10,14-15H,11-12H2,1-5H3,(H,19,20)/t14-,15+/m0/s1. The first-order valence-corrected chi connectivity index (χ1v) is 8.00. The van der Waals surface area contributed by atoms with Crippen LogP contribution in [0.1, 0.15) is 40.2 Å². The molecule has 0 bridgehead atoms. The van der Waals surface area contributed by atoms with Gasteiger partial charge in [0.2, 0.25) is 0 Å². The lowest BCUT2D eigenvalue weighted by Crippen LogP contribution is -2.48. The zero-order chi connectivity index (χ0) is 17.1. The van der Waals surface area contributed by atoms with Crippen LogP contribution in [0, 0.1) is 0 Å². The summed E-state index contributed by atoms with van der Waals surface area (Å²) in [5.74, 6) is -0.630. The van der Waals surface area contributed by atoms with E-state index in [1.165, 1.54) is 0 Å². The van der Waals surface area contributed by atoms with E-state index in [1.807, 2.05) is 65.0 Å². The molecule has 1 heterocycles. The summed E-state index contributed by atoms with van der Waals surface area (Å²) in [5.41, 5.74) is 0.593. The molecule has 1 aliphatic heterocycles. The Kier molecular flexibility index (Phi) is 5.32. The molecule has 2 atom stereocenters. The minimum atomic E-state index is -0.630. The zero-order valence-electron chi connectivity index (χ0n) is 14.6. The number of nitrogens with one attached hydrogen (secondary N) is 1. The molecule has 1 fully saturated rings. The molecule has 128 valence electrons. The van der Waals surface area contributed by atoms with Crippen molar-refractivity contribution in [2.45, 2.75) is 64.6 Å². The predicted octanol–water partition coefficient (Wildman–Crippen LogP) is 3.27. The molecule has 23 heavy (non-hydrogen) atoms. The summed E-state index contributed by atoms with van der Waals surface area (Å²) in [7, 11) is 0. The number of hydrogen-bond acceptors (Lipinski definition) is 4. The van der Waals surface area contributed by atoms with Gasteiger partial charge in [0, 0.05) is 0 Å². The van der Waals surface area contributed by atoms with Gasteiger partial charge >= 0.3 is 6.09 Å². The van der Waals surface area contributed by atoms with Crippen LogP contribution in [0.2, 0.25) is 0 Å². The van der Waals surface area contributed by atoms with Crippen LogP contribution >= 0.6 is 0 Å². The molecule has 1 amide bonds. The Balaban J connectivity index is 2.07. The Morgan fingerprint density at radius 3 is 2.52 bits per heavy atom. The number of carbonyl (C=O) groups excluding carboxylic acids is 1. The van der Waals surface area contributed by atoms with Gasteiger partial charge in [-0.15, -0.1) is 0 Å². The van der Waals surface area contributed by atoms with Crippen LogP contribution in [-0.2, 0) is 20.6 Å². The molecule has 0 spiro atoms. The van der Waals surface area contributed by atoms with Crippen molar-refractivity contribution in [2.24, 2.45) is 0 Å². The van der Waals surface area contributed by atoms with Crippen LogP contribution in [0.25, 0.3) is 0 Å². The average Bonchev–Trinajstić information content (AvgIpc) is 2.77. The van der Waals surface area contributed by atoms with E-state index in [-0.39, 0.29) is 12.1 Å². The van der Waals surface area contributed by atoms with Gasteiger partial charge in [-0.3, -0.25) is 0 Å². The van der Waals surface area contributed by atoms with E-state index in [9.17, 15) is 4.79 Å². The summed E-state index contributed by atoms with van der Waals surface area (Å²) in [4.78, 5) is 12.1. The quantitative estimate of drug-likeness (QED) is 0.924. The van der Waals surface area contributed by atoms with Crippen LogP contribution in [0.5, 0.6) is 0 Å². The fraction of sp³-hybridized carbons (Fsp3) is 0.611. The van der Waals surface area contributed by atoms with Gasteiger partial charge in [-0.25, -0.2) is 4.79 Å². The Hall–Kier alpha value is -1.59. The molecule has 0 saturated carbocycles. The van der Waals surface area contributed by atoms with Crippen molar-refractivity contribution in [2.75, 3.05) is 6.61 Å². The topological polar surface area (TPSA) is 56.8 Å². The van der Waals surface area contributed by atoms with Crippen molar-refractivity contribution in [1.82, 2.24) is 5.32 Å². The molecule has 1 saturated heterocycles. The van der Waals surface area contributed by atoms with Crippen LogP contribution in [-0.4, -0.2) is 36.2 Å². The highest BCUT2D eigenvalue weighted by molar-refractivity contribution is 5.68. The van der Waals surface area contributed by atoms with Gasteiger partial charge in [0.15, 0.2) is 5.79 Å². The second kappa shape index (κ2) is 6.89. The van der Waals surface area contributed by atoms with Gasteiger partial charge in [-0.1, -0.05) is 30.3 Å². The predicted molar refractivity (Wildman–Crippen MR) is 88.2 cm³/mol. The SMILES string of the molecule is CC(C)(C)OC(=O)N[C@@H](Cc1ccccc1)[C@H]1COC(C)(C)O1. The molecule has 0 unspecified atom stereocenters. The van der Waals surface area contributed by atoms with E-state index in [0.29, 0.717) is 13.0 Å². The second-order valence-corrected chi connectivity index (χ2v) is 7.31. The van der Waals surface area contributed by atoms with Gasteiger partial charge in [0.1, 0.15) is 11.7 Å². The molecular weight excluding hydrogens is 294 g/mol. The van der Waals surface area contributed by atoms with E-state index < -0.39 is 17.5 Å². The Bertz CT molecular complexity index is 522. The Labute approximate surface area is 138 Å². The Morgan fingerprint density at radius 1 is 1.35 bits per heavy atom. The number of hydrogen-bond donors (Lipinski definition) is 1. The molecule has 5 heteroatoms. The van der Waals surface area contributed by atoms with Crippen LogP contribution < -0.4 is 5.32 Å². The van der Waals surface area contributed by atoms with Crippen molar-refractivity contribution in [3.63, 3.8) is 0 Å². The number of alkyl carbamates (subject to hydrolysis) is 1. The van der Waals surface area contributed by atoms with Crippen molar-refractivity contribution in [1.29, 1.82) is 0 Å². The number of ether oxygens (including phenoxy) is 3. The van der Waals surface area contributed by atoms with Crippen molar-refractivity contribution < 1.29 is 19.0 Å². The lowest BCUT2D eigenvalue weighted by molar-refractivity contribution is -0.141. The van der Waals surface area contributed by atoms with Gasteiger partial charge in [-0.05, 0) is 46.6 Å². The normalized spacial score (nSPS) is 21.7. The molecule has 1 aromatic rings. The van der Waals surface area contributed by atoms with Crippen molar-refractivity contribution in [3.8, 4) is 0 Å². The smallest absolute Gasteiger partial charge is 0.407 e. The van der Waals surface area contributed by atoms with E-state index in [1.54, 1.807) is 0 Å². The number of amides is 1. The fourth-order valence-corrected chi connectivity index (χ4v) is 2.52. The average molecular weight is 321 g/mol. The molecule has 1 aromatic carbocycles. The molecule has 1 aliphatic rings. The summed E-state index contributed by atoms with van der Waals surface area (Å²) in [6.45, 7) is 9.73. The maximum Gasteiger partial charge on any atom is 0.407 e. The fourth-order valence-electron chi connectivity index (χ4n) is 2.52. The van der Waals surface area contributed by atoms with E-state index in [2.05, 4.69) is 5.32 Å². The minimum absolute atomic E-state index is 0.210. The highest BCUT2D eigenvalue weighted by Gasteiger charge is 2.38. The van der Waals surface area contributed by atoms with Crippen LogP contribution in [0.15, 0.2) is 30.3 Å².